The first-order valence-corrected chi connectivity index (χ1v) is 5.46. The van der Waals surface area contributed by atoms with Crippen molar-refractivity contribution in [3.8, 4) is 17.8 Å². The van der Waals surface area contributed by atoms with Gasteiger partial charge in [-0.1, -0.05) is 23.2 Å². The molecule has 0 fully saturated rings. The van der Waals surface area contributed by atoms with Crippen LogP contribution in [0.4, 0.5) is 5.69 Å². The largest absolute Gasteiger partial charge is 0.399 e. The second-order valence-electron chi connectivity index (χ2n) is 3.37. The van der Waals surface area contributed by atoms with E-state index in [-0.39, 0.29) is 21.4 Å². The van der Waals surface area contributed by atoms with Crippen LogP contribution in [-0.4, -0.2) is 9.55 Å². The molecule has 5 nitrogen and oxygen atoms in total. The molecule has 1 heterocycles. The Morgan fingerprint density at radius 2 is 1.78 bits per heavy atom. The minimum atomic E-state index is 0.0152. The summed E-state index contributed by atoms with van der Waals surface area (Å²) in [5.74, 6) is 0. The zero-order valence-corrected chi connectivity index (χ0v) is 10.4. The smallest absolute Gasteiger partial charge is 0.177 e. The maximum absolute atomic E-state index is 9.04. The highest BCUT2D eigenvalue weighted by Crippen LogP contribution is 2.32. The highest BCUT2D eigenvalue weighted by molar-refractivity contribution is 6.38. The Morgan fingerprint density at radius 1 is 1.17 bits per heavy atom. The van der Waals surface area contributed by atoms with E-state index >= 15 is 0 Å². The highest BCUT2D eigenvalue weighted by Gasteiger charge is 2.16. The minimum absolute atomic E-state index is 0.0152. The van der Waals surface area contributed by atoms with Crippen molar-refractivity contribution in [1.82, 2.24) is 9.55 Å². The van der Waals surface area contributed by atoms with E-state index in [1.54, 1.807) is 0 Å². The van der Waals surface area contributed by atoms with E-state index in [0.29, 0.717) is 11.4 Å². The van der Waals surface area contributed by atoms with E-state index in [1.165, 1.54) is 23.0 Å². The van der Waals surface area contributed by atoms with E-state index in [9.17, 15) is 0 Å². The number of hydrogen-bond acceptors (Lipinski definition) is 4. The molecular formula is C11H5Cl2N5. The first-order valence-electron chi connectivity index (χ1n) is 4.71. The van der Waals surface area contributed by atoms with E-state index in [1.807, 2.05) is 12.1 Å². The van der Waals surface area contributed by atoms with Gasteiger partial charge < -0.3 is 5.73 Å². The number of anilines is 1. The van der Waals surface area contributed by atoms with Crippen molar-refractivity contribution >= 4 is 28.9 Å². The third-order valence-corrected chi connectivity index (χ3v) is 2.84. The van der Waals surface area contributed by atoms with E-state index < -0.39 is 0 Å². The van der Waals surface area contributed by atoms with Crippen molar-refractivity contribution < 1.29 is 0 Å². The number of nitrogen functional groups attached to an aromatic ring is 1. The third kappa shape index (κ3) is 1.86. The lowest BCUT2D eigenvalue weighted by molar-refractivity contribution is 1.04. The number of nitrogens with two attached hydrogens (primary N) is 1. The molecule has 0 saturated heterocycles. The summed E-state index contributed by atoms with van der Waals surface area (Å²) in [5.41, 5.74) is 6.47. The molecule has 2 rings (SSSR count). The minimum Gasteiger partial charge on any atom is -0.399 e. The standard InChI is InChI=1S/C11H5Cl2N5/c12-7-1-6(16)2-8(13)11(7)18-5-17-9(3-14)10(18)4-15/h1-2,5H,16H2. The molecule has 88 valence electrons. The van der Waals surface area contributed by atoms with Gasteiger partial charge in [0.1, 0.15) is 18.5 Å². The lowest BCUT2D eigenvalue weighted by Crippen LogP contribution is -2.00. The van der Waals surface area contributed by atoms with Crippen molar-refractivity contribution in [1.29, 1.82) is 10.5 Å². The number of nitrogens with zero attached hydrogens (tertiary/aromatic N) is 4. The summed E-state index contributed by atoms with van der Waals surface area (Å²) in [6.07, 6.45) is 1.32. The van der Waals surface area contributed by atoms with E-state index in [2.05, 4.69) is 4.98 Å². The lowest BCUT2D eigenvalue weighted by atomic mass is 10.2. The molecule has 0 unspecified atom stereocenters. The predicted molar refractivity (Wildman–Crippen MR) is 67.4 cm³/mol. The average Bonchev–Trinajstić information content (AvgIpc) is 2.70. The molecule has 0 aliphatic heterocycles. The predicted octanol–water partition coefficient (Wildman–Crippen LogP) is 2.50. The number of rotatable bonds is 1. The SMILES string of the molecule is N#Cc1ncn(-c2c(Cl)cc(N)cc2Cl)c1C#N. The molecule has 0 spiro atoms. The van der Waals surface area contributed by atoms with Crippen LogP contribution < -0.4 is 5.73 Å². The first-order chi connectivity index (χ1) is 8.58. The van der Waals surface area contributed by atoms with Crippen molar-refractivity contribution in [3.05, 3.63) is 39.9 Å². The second kappa shape index (κ2) is 4.58. The van der Waals surface area contributed by atoms with Gasteiger partial charge in [-0.15, -0.1) is 0 Å². The molecule has 0 amide bonds. The van der Waals surface area contributed by atoms with Crippen LogP contribution in [0.2, 0.25) is 10.0 Å². The fraction of sp³-hybridized carbons (Fsp3) is 0. The Kier molecular flexibility index (Phi) is 3.12. The monoisotopic (exact) mass is 277 g/mol. The van der Waals surface area contributed by atoms with Crippen LogP contribution in [0, 0.1) is 22.7 Å². The van der Waals surface area contributed by atoms with Crippen LogP contribution in [0.15, 0.2) is 18.5 Å². The number of halogens is 2. The van der Waals surface area contributed by atoms with E-state index in [4.69, 9.17) is 39.5 Å². The van der Waals surface area contributed by atoms with Crippen LogP contribution in [-0.2, 0) is 0 Å². The summed E-state index contributed by atoms with van der Waals surface area (Å²) in [4.78, 5) is 3.82. The van der Waals surface area contributed by atoms with Crippen molar-refractivity contribution in [2.75, 3.05) is 5.73 Å². The molecule has 1 aromatic heterocycles. The van der Waals surface area contributed by atoms with Gasteiger partial charge in [0.2, 0.25) is 0 Å². The lowest BCUT2D eigenvalue weighted by Gasteiger charge is -2.09. The molecule has 0 aliphatic rings. The van der Waals surface area contributed by atoms with Gasteiger partial charge in [-0.3, -0.25) is 4.57 Å². The van der Waals surface area contributed by atoms with Gasteiger partial charge in [0.15, 0.2) is 11.4 Å². The Bertz CT molecular complexity index is 682. The van der Waals surface area contributed by atoms with Crippen LogP contribution in [0.3, 0.4) is 0 Å². The van der Waals surface area contributed by atoms with Crippen LogP contribution in [0.25, 0.3) is 5.69 Å². The Labute approximate surface area is 113 Å². The number of benzene rings is 1. The van der Waals surface area contributed by atoms with Gasteiger partial charge in [0.05, 0.1) is 15.7 Å². The molecule has 0 radical (unpaired) electrons. The fourth-order valence-corrected chi connectivity index (χ4v) is 2.21. The fourth-order valence-electron chi connectivity index (χ4n) is 1.52. The summed E-state index contributed by atoms with van der Waals surface area (Å²) >= 11 is 12.1. The molecule has 1 aromatic carbocycles. The van der Waals surface area contributed by atoms with Crippen molar-refractivity contribution in [2.24, 2.45) is 0 Å². The van der Waals surface area contributed by atoms with Gasteiger partial charge >= 0.3 is 0 Å². The van der Waals surface area contributed by atoms with Gasteiger partial charge in [-0.05, 0) is 12.1 Å². The van der Waals surface area contributed by atoms with Crippen LogP contribution in [0.1, 0.15) is 11.4 Å². The normalized spacial score (nSPS) is 9.78. The summed E-state index contributed by atoms with van der Waals surface area (Å²) in [7, 11) is 0. The Hall–Kier alpha value is -2.21. The van der Waals surface area contributed by atoms with Crippen LogP contribution in [0.5, 0.6) is 0 Å². The maximum atomic E-state index is 9.04. The summed E-state index contributed by atoms with van der Waals surface area (Å²) in [5, 5.41) is 18.4. The first kappa shape index (κ1) is 12.3. The highest BCUT2D eigenvalue weighted by atomic mass is 35.5. The molecule has 18 heavy (non-hydrogen) atoms. The van der Waals surface area contributed by atoms with Crippen molar-refractivity contribution in [3.63, 3.8) is 0 Å². The number of imidazole rings is 1. The molecule has 7 heteroatoms. The molecule has 0 aliphatic carbocycles. The van der Waals surface area contributed by atoms with Gasteiger partial charge in [0, 0.05) is 5.69 Å². The second-order valence-corrected chi connectivity index (χ2v) is 4.18. The summed E-state index contributed by atoms with van der Waals surface area (Å²) in [6, 6.07) is 6.73. The van der Waals surface area contributed by atoms with Crippen molar-refractivity contribution in [2.45, 2.75) is 0 Å². The third-order valence-electron chi connectivity index (χ3n) is 2.26. The summed E-state index contributed by atoms with van der Waals surface area (Å²) < 4.78 is 1.36. The Balaban J connectivity index is 2.76. The molecule has 2 aromatic rings. The topological polar surface area (TPSA) is 91.4 Å². The number of nitriles is 2. The molecule has 0 saturated carbocycles. The van der Waals surface area contributed by atoms with Gasteiger partial charge in [-0.2, -0.15) is 10.5 Å². The van der Waals surface area contributed by atoms with Crippen LogP contribution >= 0.6 is 23.2 Å². The zero-order chi connectivity index (χ0) is 13.3. The number of hydrogen-bond donors (Lipinski definition) is 1. The molecule has 2 N–H and O–H groups in total. The maximum Gasteiger partial charge on any atom is 0.177 e. The van der Waals surface area contributed by atoms with Gasteiger partial charge in [0.25, 0.3) is 0 Å². The van der Waals surface area contributed by atoms with E-state index in [0.717, 1.165) is 0 Å². The molecular weight excluding hydrogens is 273 g/mol. The zero-order valence-electron chi connectivity index (χ0n) is 8.85. The quantitative estimate of drug-likeness (QED) is 0.811. The molecule has 0 atom stereocenters. The Morgan fingerprint density at radius 3 is 2.28 bits per heavy atom. The number of aromatic nitrogens is 2. The summed E-state index contributed by atoms with van der Waals surface area (Å²) in [6.45, 7) is 0. The molecule has 0 bridgehead atoms. The van der Waals surface area contributed by atoms with Gasteiger partial charge in [-0.25, -0.2) is 4.98 Å². The average molecular weight is 278 g/mol.